The van der Waals surface area contributed by atoms with Gasteiger partial charge in [-0.2, -0.15) is 0 Å². The predicted octanol–water partition coefficient (Wildman–Crippen LogP) is 3.97. The molecule has 8 heteroatoms. The molecule has 2 aliphatic rings. The average Bonchev–Trinajstić information content (AvgIpc) is 3.32. The Balaban J connectivity index is 1.84. The zero-order chi connectivity index (χ0) is 24.7. The standard InChI is InChI=1S/C26H42N4O4/c1-6-13-30-15-18(2)24(33-5)16-29(4)25(31)22-14-21(11-12-23(22)34-17-19(30)3)28-26(32)27-20-9-7-8-10-20/h11-12,14,18-20,24H,6-10,13,15-17H2,1-5H3,(H2,27,28,32)/t18-,19+,24-/m0/s1. The summed E-state index contributed by atoms with van der Waals surface area (Å²) >= 11 is 0. The van der Waals surface area contributed by atoms with Crippen molar-refractivity contribution in [3.05, 3.63) is 23.8 Å². The van der Waals surface area contributed by atoms with Crippen molar-refractivity contribution in [2.75, 3.05) is 45.7 Å². The lowest BCUT2D eigenvalue weighted by Crippen LogP contribution is -2.46. The van der Waals surface area contributed by atoms with Crippen LogP contribution >= 0.6 is 0 Å². The summed E-state index contributed by atoms with van der Waals surface area (Å²) in [5, 5.41) is 5.92. The first-order valence-corrected chi connectivity index (χ1v) is 12.7. The van der Waals surface area contributed by atoms with Crippen LogP contribution in [0, 0.1) is 5.92 Å². The number of rotatable bonds is 5. The summed E-state index contributed by atoms with van der Waals surface area (Å²) in [6.07, 6.45) is 5.31. The van der Waals surface area contributed by atoms with E-state index in [1.807, 2.05) is 0 Å². The quantitative estimate of drug-likeness (QED) is 0.675. The number of amides is 3. The molecule has 1 aliphatic heterocycles. The third kappa shape index (κ3) is 6.85. The van der Waals surface area contributed by atoms with Crippen molar-refractivity contribution >= 4 is 17.6 Å². The van der Waals surface area contributed by atoms with E-state index < -0.39 is 0 Å². The maximum atomic E-state index is 13.4. The molecule has 1 fully saturated rings. The highest BCUT2D eigenvalue weighted by Gasteiger charge is 2.28. The number of hydrogen-bond acceptors (Lipinski definition) is 5. The van der Waals surface area contributed by atoms with E-state index in [1.165, 1.54) is 0 Å². The number of carbonyl (C=O) groups excluding carboxylic acids is 2. The van der Waals surface area contributed by atoms with Crippen molar-refractivity contribution in [2.45, 2.75) is 71.1 Å². The number of nitrogens with one attached hydrogen (secondary N) is 2. The lowest BCUT2D eigenvalue weighted by atomic mass is 10.0. The van der Waals surface area contributed by atoms with Gasteiger partial charge in [-0.15, -0.1) is 0 Å². The number of likely N-dealkylation sites (N-methyl/N-ethyl adjacent to an activating group) is 1. The summed E-state index contributed by atoms with van der Waals surface area (Å²) in [6, 6.07) is 5.47. The Labute approximate surface area is 204 Å². The molecule has 1 aliphatic carbocycles. The van der Waals surface area contributed by atoms with Crippen LogP contribution in [0.5, 0.6) is 5.75 Å². The Kier molecular flexibility index (Phi) is 9.59. The van der Waals surface area contributed by atoms with Crippen molar-refractivity contribution in [2.24, 2.45) is 5.92 Å². The number of urea groups is 1. The third-order valence-electron chi connectivity index (χ3n) is 7.03. The number of benzene rings is 1. The second-order valence-corrected chi connectivity index (χ2v) is 9.88. The van der Waals surface area contributed by atoms with Gasteiger partial charge in [-0.05, 0) is 56.8 Å². The number of carbonyl (C=O) groups is 2. The van der Waals surface area contributed by atoms with Gasteiger partial charge in [-0.25, -0.2) is 4.79 Å². The van der Waals surface area contributed by atoms with E-state index in [1.54, 1.807) is 37.3 Å². The first-order valence-electron chi connectivity index (χ1n) is 12.7. The van der Waals surface area contributed by atoms with Gasteiger partial charge >= 0.3 is 6.03 Å². The molecule has 190 valence electrons. The Morgan fingerprint density at radius 2 is 1.94 bits per heavy atom. The van der Waals surface area contributed by atoms with Crippen molar-refractivity contribution < 1.29 is 19.1 Å². The lowest BCUT2D eigenvalue weighted by molar-refractivity contribution is 0.0108. The number of anilines is 1. The van der Waals surface area contributed by atoms with Gasteiger partial charge in [0.25, 0.3) is 5.91 Å². The third-order valence-corrected chi connectivity index (χ3v) is 7.03. The predicted molar refractivity (Wildman–Crippen MR) is 135 cm³/mol. The molecule has 0 bridgehead atoms. The van der Waals surface area contributed by atoms with Gasteiger partial charge in [0.15, 0.2) is 0 Å². The summed E-state index contributed by atoms with van der Waals surface area (Å²) in [4.78, 5) is 30.0. The number of ether oxygens (including phenoxy) is 2. The van der Waals surface area contributed by atoms with E-state index in [4.69, 9.17) is 9.47 Å². The number of hydrogen-bond donors (Lipinski definition) is 2. The maximum Gasteiger partial charge on any atom is 0.319 e. The lowest BCUT2D eigenvalue weighted by Gasteiger charge is -2.35. The number of methoxy groups -OCH3 is 1. The molecule has 0 saturated heterocycles. The molecule has 0 aromatic heterocycles. The highest BCUT2D eigenvalue weighted by molar-refractivity contribution is 5.99. The molecule has 0 unspecified atom stereocenters. The smallest absolute Gasteiger partial charge is 0.319 e. The van der Waals surface area contributed by atoms with E-state index in [0.29, 0.717) is 30.2 Å². The van der Waals surface area contributed by atoms with Crippen LogP contribution in [-0.4, -0.2) is 80.3 Å². The summed E-state index contributed by atoms with van der Waals surface area (Å²) in [5.74, 6) is 0.632. The van der Waals surface area contributed by atoms with Gasteiger partial charge in [-0.1, -0.05) is 26.7 Å². The summed E-state index contributed by atoms with van der Waals surface area (Å²) in [6.45, 7) is 9.33. The van der Waals surface area contributed by atoms with E-state index >= 15 is 0 Å². The van der Waals surface area contributed by atoms with Gasteiger partial charge < -0.3 is 25.0 Å². The monoisotopic (exact) mass is 474 g/mol. The first-order chi connectivity index (χ1) is 16.3. The summed E-state index contributed by atoms with van der Waals surface area (Å²) < 4.78 is 12.0. The zero-order valence-corrected chi connectivity index (χ0v) is 21.4. The van der Waals surface area contributed by atoms with Crippen LogP contribution in [0.3, 0.4) is 0 Å². The van der Waals surface area contributed by atoms with Gasteiger partial charge in [0.2, 0.25) is 0 Å². The van der Waals surface area contributed by atoms with E-state index in [9.17, 15) is 9.59 Å². The van der Waals surface area contributed by atoms with E-state index in [2.05, 4.69) is 36.3 Å². The molecule has 1 aromatic rings. The summed E-state index contributed by atoms with van der Waals surface area (Å²) in [5.41, 5.74) is 1.02. The van der Waals surface area contributed by atoms with Crippen LogP contribution < -0.4 is 15.4 Å². The van der Waals surface area contributed by atoms with Gasteiger partial charge in [0, 0.05) is 45.0 Å². The molecule has 1 heterocycles. The fourth-order valence-electron chi connectivity index (χ4n) is 4.95. The molecule has 1 saturated carbocycles. The van der Waals surface area contributed by atoms with Crippen LogP contribution in [-0.2, 0) is 4.74 Å². The highest BCUT2D eigenvalue weighted by atomic mass is 16.5. The van der Waals surface area contributed by atoms with Crippen LogP contribution in [0.4, 0.5) is 10.5 Å². The van der Waals surface area contributed by atoms with Crippen molar-refractivity contribution in [3.63, 3.8) is 0 Å². The molecule has 8 nitrogen and oxygen atoms in total. The maximum absolute atomic E-state index is 13.4. The molecule has 0 radical (unpaired) electrons. The molecule has 2 N–H and O–H groups in total. The Morgan fingerprint density at radius 1 is 1.21 bits per heavy atom. The first kappa shape index (κ1) is 26.3. The van der Waals surface area contributed by atoms with E-state index in [0.717, 1.165) is 45.2 Å². The van der Waals surface area contributed by atoms with Crippen LogP contribution in [0.2, 0.25) is 0 Å². The molecular formula is C26H42N4O4. The van der Waals surface area contributed by atoms with Crippen molar-refractivity contribution in [3.8, 4) is 5.75 Å². The van der Waals surface area contributed by atoms with Gasteiger partial charge in [-0.3, -0.25) is 9.69 Å². The second-order valence-electron chi connectivity index (χ2n) is 9.88. The van der Waals surface area contributed by atoms with Crippen molar-refractivity contribution in [1.29, 1.82) is 0 Å². The fourth-order valence-corrected chi connectivity index (χ4v) is 4.95. The normalized spacial score (nSPS) is 25.1. The zero-order valence-electron chi connectivity index (χ0n) is 21.4. The van der Waals surface area contributed by atoms with Gasteiger partial charge in [0.05, 0.1) is 11.7 Å². The molecule has 3 rings (SSSR count). The molecular weight excluding hydrogens is 432 g/mol. The van der Waals surface area contributed by atoms with Crippen LogP contribution in [0.1, 0.15) is 63.2 Å². The average molecular weight is 475 g/mol. The summed E-state index contributed by atoms with van der Waals surface area (Å²) in [7, 11) is 3.50. The van der Waals surface area contributed by atoms with Crippen LogP contribution in [0.15, 0.2) is 18.2 Å². The minimum Gasteiger partial charge on any atom is -0.491 e. The van der Waals surface area contributed by atoms with Crippen molar-refractivity contribution in [1.82, 2.24) is 15.1 Å². The Bertz CT molecular complexity index is 827. The molecule has 3 amide bonds. The molecule has 34 heavy (non-hydrogen) atoms. The highest BCUT2D eigenvalue weighted by Crippen LogP contribution is 2.27. The Hall–Kier alpha value is -2.32. The fraction of sp³-hybridized carbons (Fsp3) is 0.692. The number of nitrogens with zero attached hydrogens (tertiary/aromatic N) is 2. The minimum atomic E-state index is -0.237. The SMILES string of the molecule is CCCN1C[C@H](C)[C@@H](OC)CN(C)C(=O)c2cc(NC(=O)NC3CCCC3)ccc2OC[C@H]1C. The van der Waals surface area contributed by atoms with Crippen LogP contribution in [0.25, 0.3) is 0 Å². The van der Waals surface area contributed by atoms with Gasteiger partial charge in [0.1, 0.15) is 12.4 Å². The molecule has 3 atom stereocenters. The Morgan fingerprint density at radius 3 is 2.62 bits per heavy atom. The van der Waals surface area contributed by atoms with E-state index in [-0.39, 0.29) is 36.0 Å². The number of fused-ring (bicyclic) bond motifs is 1. The minimum absolute atomic E-state index is 0.0807. The second kappa shape index (κ2) is 12.4. The topological polar surface area (TPSA) is 83.1 Å². The molecule has 0 spiro atoms. The largest absolute Gasteiger partial charge is 0.491 e. The molecule has 1 aromatic carbocycles.